The third-order valence-corrected chi connectivity index (χ3v) is 1.93. The Labute approximate surface area is 92.5 Å². The van der Waals surface area contributed by atoms with Gasteiger partial charge in [-0.2, -0.15) is 0 Å². The quantitative estimate of drug-likeness (QED) is 0.446. The molecule has 0 spiro atoms. The van der Waals surface area contributed by atoms with E-state index in [2.05, 4.69) is 4.74 Å². The van der Waals surface area contributed by atoms with E-state index >= 15 is 0 Å². The van der Waals surface area contributed by atoms with Crippen molar-refractivity contribution in [3.8, 4) is 0 Å². The predicted molar refractivity (Wildman–Crippen MR) is 59.1 cm³/mol. The number of ether oxygens (including phenoxy) is 1. The second-order valence-electron chi connectivity index (χ2n) is 3.06. The van der Waals surface area contributed by atoms with E-state index in [9.17, 15) is 14.9 Å². The molecule has 0 amide bonds. The maximum absolute atomic E-state index is 11.3. The Kier molecular flexibility index (Phi) is 3.77. The molecule has 1 rings (SSSR count). The van der Waals surface area contributed by atoms with E-state index < -0.39 is 10.9 Å². The highest BCUT2D eigenvalue weighted by atomic mass is 16.6. The molecule has 0 saturated heterocycles. The van der Waals surface area contributed by atoms with E-state index in [0.29, 0.717) is 5.56 Å². The van der Waals surface area contributed by atoms with Gasteiger partial charge in [0.1, 0.15) is 0 Å². The number of nitro benzene ring substituents is 1. The number of carbonyl (C=O) groups excluding carboxylic acids is 1. The highest BCUT2D eigenvalue weighted by molar-refractivity contribution is 5.91. The fraction of sp³-hybridized carbons (Fsp3) is 0.182. The Morgan fingerprint density at radius 2 is 2.12 bits per heavy atom. The van der Waals surface area contributed by atoms with E-state index in [0.717, 1.165) is 0 Å². The van der Waals surface area contributed by atoms with Gasteiger partial charge in [0.25, 0.3) is 5.69 Å². The fourth-order valence-corrected chi connectivity index (χ4v) is 1.26. The van der Waals surface area contributed by atoms with Crippen LogP contribution in [0, 0.1) is 10.1 Å². The molecule has 0 aliphatic heterocycles. The normalized spacial score (nSPS) is 10.4. The smallest absolute Gasteiger partial charge is 0.338 e. The van der Waals surface area contributed by atoms with Crippen molar-refractivity contribution in [2.45, 2.75) is 6.92 Å². The van der Waals surface area contributed by atoms with Crippen molar-refractivity contribution in [3.05, 3.63) is 45.5 Å². The fourth-order valence-electron chi connectivity index (χ4n) is 1.26. The highest BCUT2D eigenvalue weighted by Gasteiger charge is 2.13. The average molecular weight is 221 g/mol. The molecule has 0 atom stereocenters. The predicted octanol–water partition coefficient (Wildman–Crippen LogP) is 2.41. The highest BCUT2D eigenvalue weighted by Crippen LogP contribution is 2.18. The van der Waals surface area contributed by atoms with E-state index in [1.807, 2.05) is 0 Å². The van der Waals surface area contributed by atoms with Crippen molar-refractivity contribution in [2.24, 2.45) is 0 Å². The summed E-state index contributed by atoms with van der Waals surface area (Å²) in [7, 11) is 1.23. The van der Waals surface area contributed by atoms with Gasteiger partial charge >= 0.3 is 5.97 Å². The zero-order valence-electron chi connectivity index (χ0n) is 8.97. The minimum Gasteiger partial charge on any atom is -0.465 e. The maximum atomic E-state index is 11.3. The summed E-state index contributed by atoms with van der Waals surface area (Å²) >= 11 is 0. The zero-order valence-corrected chi connectivity index (χ0v) is 8.97. The number of benzene rings is 1. The topological polar surface area (TPSA) is 69.4 Å². The van der Waals surface area contributed by atoms with Crippen LogP contribution < -0.4 is 0 Å². The lowest BCUT2D eigenvalue weighted by Gasteiger charge is -2.01. The van der Waals surface area contributed by atoms with Gasteiger partial charge in [-0.05, 0) is 18.6 Å². The van der Waals surface area contributed by atoms with Gasteiger partial charge in [0.2, 0.25) is 0 Å². The first kappa shape index (κ1) is 11.9. The number of carbonyl (C=O) groups is 1. The molecule has 0 bridgehead atoms. The summed E-state index contributed by atoms with van der Waals surface area (Å²) in [6, 6.07) is 4.13. The monoisotopic (exact) mass is 221 g/mol. The van der Waals surface area contributed by atoms with Crippen LogP contribution in [0.3, 0.4) is 0 Å². The van der Waals surface area contributed by atoms with Gasteiger partial charge in [0.15, 0.2) is 0 Å². The summed E-state index contributed by atoms with van der Waals surface area (Å²) in [4.78, 5) is 21.4. The second kappa shape index (κ2) is 5.06. The number of rotatable bonds is 3. The number of hydrogen-bond donors (Lipinski definition) is 0. The van der Waals surface area contributed by atoms with Crippen LogP contribution in [0.2, 0.25) is 0 Å². The number of hydrogen-bond acceptors (Lipinski definition) is 4. The van der Waals surface area contributed by atoms with Crippen molar-refractivity contribution in [2.75, 3.05) is 7.11 Å². The molecule has 0 unspecified atom stereocenters. The molecule has 0 fully saturated rings. The van der Waals surface area contributed by atoms with Crippen molar-refractivity contribution in [1.82, 2.24) is 0 Å². The molecule has 84 valence electrons. The molecule has 0 aliphatic rings. The number of nitro groups is 1. The van der Waals surface area contributed by atoms with Crippen LogP contribution in [0.15, 0.2) is 24.3 Å². The maximum Gasteiger partial charge on any atom is 0.338 e. The number of methoxy groups -OCH3 is 1. The molecular weight excluding hydrogens is 210 g/mol. The molecule has 16 heavy (non-hydrogen) atoms. The standard InChI is InChI=1S/C11H11NO4/c1-3-4-8-5-9(11(13)16-2)7-10(6-8)12(14)15/h3-7H,1-2H3. The van der Waals surface area contributed by atoms with Gasteiger partial charge in [-0.15, -0.1) is 0 Å². The Morgan fingerprint density at radius 1 is 1.44 bits per heavy atom. The van der Waals surface area contributed by atoms with Gasteiger partial charge < -0.3 is 4.74 Å². The van der Waals surface area contributed by atoms with Crippen LogP contribution in [-0.4, -0.2) is 18.0 Å². The first-order valence-corrected chi connectivity index (χ1v) is 4.59. The first-order valence-electron chi connectivity index (χ1n) is 4.59. The van der Waals surface area contributed by atoms with Crippen LogP contribution in [0.1, 0.15) is 22.8 Å². The molecule has 5 heteroatoms. The Hall–Kier alpha value is -2.17. The summed E-state index contributed by atoms with van der Waals surface area (Å²) in [5, 5.41) is 10.6. The number of esters is 1. The van der Waals surface area contributed by atoms with E-state index in [1.54, 1.807) is 25.1 Å². The number of allylic oxidation sites excluding steroid dienone is 1. The molecule has 0 saturated carbocycles. The number of nitrogens with zero attached hydrogens (tertiary/aromatic N) is 1. The molecular formula is C11H11NO4. The third kappa shape index (κ3) is 2.66. The first-order chi connectivity index (χ1) is 7.58. The summed E-state index contributed by atoms with van der Waals surface area (Å²) in [5.74, 6) is -0.588. The molecule has 0 aliphatic carbocycles. The van der Waals surface area contributed by atoms with Crippen molar-refractivity contribution < 1.29 is 14.5 Å². The molecule has 5 nitrogen and oxygen atoms in total. The minimum absolute atomic E-state index is 0.129. The van der Waals surface area contributed by atoms with Crippen LogP contribution in [-0.2, 0) is 4.74 Å². The van der Waals surface area contributed by atoms with Gasteiger partial charge in [-0.1, -0.05) is 12.2 Å². The summed E-state index contributed by atoms with van der Waals surface area (Å²) < 4.78 is 4.52. The minimum atomic E-state index is -0.588. The Balaban J connectivity index is 3.29. The third-order valence-electron chi connectivity index (χ3n) is 1.93. The molecule has 0 N–H and O–H groups in total. The van der Waals surface area contributed by atoms with E-state index in [1.165, 1.54) is 19.2 Å². The summed E-state index contributed by atoms with van der Waals surface area (Å²) in [5.41, 5.74) is 0.637. The van der Waals surface area contributed by atoms with E-state index in [-0.39, 0.29) is 11.3 Å². The summed E-state index contributed by atoms with van der Waals surface area (Å²) in [6.45, 7) is 1.79. The molecule has 0 heterocycles. The Bertz CT molecular complexity index is 451. The van der Waals surface area contributed by atoms with Crippen molar-refractivity contribution >= 4 is 17.7 Å². The van der Waals surface area contributed by atoms with Gasteiger partial charge in [0, 0.05) is 12.1 Å². The van der Waals surface area contributed by atoms with Crippen molar-refractivity contribution in [1.29, 1.82) is 0 Å². The molecule has 0 radical (unpaired) electrons. The Morgan fingerprint density at radius 3 is 2.62 bits per heavy atom. The van der Waals surface area contributed by atoms with Crippen molar-refractivity contribution in [3.63, 3.8) is 0 Å². The lowest BCUT2D eigenvalue weighted by atomic mass is 10.1. The SMILES string of the molecule is CC=Cc1cc(C(=O)OC)cc([N+](=O)[O-])c1. The summed E-state index contributed by atoms with van der Waals surface area (Å²) in [6.07, 6.45) is 3.42. The van der Waals surface area contributed by atoms with Crippen LogP contribution in [0.4, 0.5) is 5.69 Å². The van der Waals surface area contributed by atoms with Gasteiger partial charge in [-0.25, -0.2) is 4.79 Å². The zero-order chi connectivity index (χ0) is 12.1. The lowest BCUT2D eigenvalue weighted by Crippen LogP contribution is -2.02. The van der Waals surface area contributed by atoms with Crippen LogP contribution >= 0.6 is 0 Å². The average Bonchev–Trinajstić information content (AvgIpc) is 2.28. The van der Waals surface area contributed by atoms with E-state index in [4.69, 9.17) is 0 Å². The van der Waals surface area contributed by atoms with Crippen LogP contribution in [0.25, 0.3) is 6.08 Å². The molecule has 1 aromatic carbocycles. The second-order valence-corrected chi connectivity index (χ2v) is 3.06. The van der Waals surface area contributed by atoms with Gasteiger partial charge in [-0.3, -0.25) is 10.1 Å². The molecule has 0 aromatic heterocycles. The molecule has 1 aromatic rings. The van der Waals surface area contributed by atoms with Gasteiger partial charge in [0.05, 0.1) is 17.6 Å². The lowest BCUT2D eigenvalue weighted by molar-refractivity contribution is -0.384. The van der Waals surface area contributed by atoms with Crippen LogP contribution in [0.5, 0.6) is 0 Å². The number of non-ortho nitro benzene ring substituents is 1. The largest absolute Gasteiger partial charge is 0.465 e.